The molecule has 0 aromatic heterocycles. The largest absolute Gasteiger partial charge is 0.368 e. The molecule has 0 heterocycles. The van der Waals surface area contributed by atoms with E-state index in [-0.39, 0.29) is 29.6 Å². The third-order valence-corrected chi connectivity index (χ3v) is 7.96. The van der Waals surface area contributed by atoms with Crippen LogP contribution in [0, 0.1) is 11.7 Å². The summed E-state index contributed by atoms with van der Waals surface area (Å²) in [6.07, 6.45) is 3.56. The Balaban J connectivity index is 1.52. The zero-order valence-corrected chi connectivity index (χ0v) is 23.8. The minimum absolute atomic E-state index is 0.00704. The highest BCUT2D eigenvalue weighted by Crippen LogP contribution is 2.38. The van der Waals surface area contributed by atoms with Gasteiger partial charge in [0.1, 0.15) is 11.9 Å². The Morgan fingerprint density at radius 1 is 0.902 bits per heavy atom. The molecule has 3 atom stereocenters. The molecule has 3 aromatic carbocycles. The lowest BCUT2D eigenvalue weighted by Crippen LogP contribution is -2.43. The number of nitrogens with one attached hydrogen (secondary N) is 1. The van der Waals surface area contributed by atoms with Gasteiger partial charge in [0.15, 0.2) is 0 Å². The number of hydrogen-bond acceptors (Lipinski definition) is 3. The maximum absolute atomic E-state index is 13.6. The van der Waals surface area contributed by atoms with Gasteiger partial charge in [-0.05, 0) is 73.6 Å². The van der Waals surface area contributed by atoms with Crippen molar-refractivity contribution in [2.45, 2.75) is 58.0 Å². The summed E-state index contributed by atoms with van der Waals surface area (Å²) in [6, 6.07) is 22.0. The van der Waals surface area contributed by atoms with Crippen LogP contribution in [0.2, 0.25) is 0 Å². The summed E-state index contributed by atoms with van der Waals surface area (Å²) in [6.45, 7) is 5.33. The standard InChI is InChI=1S/C33H39FN4O3/c1-3-37(4-2)33(41)38(27-20-18-26(34)19-21-27)22-23-14-16-24(17-15-23)28-12-8-9-13-29(28)32(40)36-30(31(35)39)25-10-6-5-7-11-25/h5-7,10-11,14-21,28-30H,3-4,8-9,12-13,22H2,1-2H3,(H2,35,39)(H,36,40)/t28-,29+,30-/m0/s1. The molecule has 0 unspecified atom stereocenters. The van der Waals surface area contributed by atoms with Crippen molar-refractivity contribution in [1.82, 2.24) is 10.2 Å². The topological polar surface area (TPSA) is 95.7 Å². The first-order valence-electron chi connectivity index (χ1n) is 14.4. The molecule has 4 amide bonds. The molecule has 3 aromatic rings. The highest BCUT2D eigenvalue weighted by atomic mass is 19.1. The van der Waals surface area contributed by atoms with Crippen LogP contribution in [-0.2, 0) is 16.1 Å². The first-order chi connectivity index (χ1) is 19.8. The lowest BCUT2D eigenvalue weighted by molar-refractivity contribution is -0.131. The highest BCUT2D eigenvalue weighted by Gasteiger charge is 2.34. The molecule has 1 aliphatic rings. The van der Waals surface area contributed by atoms with Gasteiger partial charge in [-0.3, -0.25) is 14.5 Å². The van der Waals surface area contributed by atoms with Crippen LogP contribution in [0.3, 0.4) is 0 Å². The van der Waals surface area contributed by atoms with Gasteiger partial charge < -0.3 is 16.0 Å². The van der Waals surface area contributed by atoms with Crippen LogP contribution in [0.5, 0.6) is 0 Å². The third-order valence-electron chi connectivity index (χ3n) is 7.96. The fourth-order valence-corrected chi connectivity index (χ4v) is 5.67. The lowest BCUT2D eigenvalue weighted by Gasteiger charge is -2.32. The number of amides is 4. The molecule has 41 heavy (non-hydrogen) atoms. The average molecular weight is 559 g/mol. The van der Waals surface area contributed by atoms with Gasteiger partial charge in [0.05, 0.1) is 6.54 Å². The molecule has 1 aliphatic carbocycles. The van der Waals surface area contributed by atoms with E-state index in [1.807, 2.05) is 56.3 Å². The van der Waals surface area contributed by atoms with Gasteiger partial charge >= 0.3 is 6.03 Å². The number of hydrogen-bond donors (Lipinski definition) is 2. The zero-order chi connectivity index (χ0) is 29.4. The van der Waals surface area contributed by atoms with Crippen molar-refractivity contribution in [3.63, 3.8) is 0 Å². The minimum atomic E-state index is -0.880. The van der Waals surface area contributed by atoms with E-state index in [1.54, 1.807) is 34.1 Å². The van der Waals surface area contributed by atoms with E-state index in [0.717, 1.165) is 36.8 Å². The normalized spacial score (nSPS) is 17.3. The average Bonchev–Trinajstić information content (AvgIpc) is 3.00. The highest BCUT2D eigenvalue weighted by molar-refractivity contribution is 5.92. The van der Waals surface area contributed by atoms with Gasteiger partial charge in [0.25, 0.3) is 0 Å². The number of rotatable bonds is 10. The zero-order valence-electron chi connectivity index (χ0n) is 23.8. The van der Waals surface area contributed by atoms with Crippen LogP contribution in [0.4, 0.5) is 14.9 Å². The lowest BCUT2D eigenvalue weighted by atomic mass is 9.74. The minimum Gasteiger partial charge on any atom is -0.368 e. The van der Waals surface area contributed by atoms with Crippen LogP contribution >= 0.6 is 0 Å². The Bertz CT molecular complexity index is 1310. The van der Waals surface area contributed by atoms with E-state index in [2.05, 4.69) is 5.32 Å². The molecule has 4 rings (SSSR count). The summed E-state index contributed by atoms with van der Waals surface area (Å²) in [5.74, 6) is -1.39. The van der Waals surface area contributed by atoms with Crippen LogP contribution in [-0.4, -0.2) is 35.8 Å². The number of anilines is 1. The molecule has 1 saturated carbocycles. The molecule has 7 nitrogen and oxygen atoms in total. The van der Waals surface area contributed by atoms with Crippen molar-refractivity contribution >= 4 is 23.5 Å². The van der Waals surface area contributed by atoms with Crippen molar-refractivity contribution in [2.24, 2.45) is 11.7 Å². The second-order valence-corrected chi connectivity index (χ2v) is 10.5. The van der Waals surface area contributed by atoms with Gasteiger partial charge in [0, 0.05) is 24.7 Å². The Morgan fingerprint density at radius 3 is 2.15 bits per heavy atom. The summed E-state index contributed by atoms with van der Waals surface area (Å²) >= 11 is 0. The summed E-state index contributed by atoms with van der Waals surface area (Å²) in [7, 11) is 0. The van der Waals surface area contributed by atoms with Crippen molar-refractivity contribution in [2.75, 3.05) is 18.0 Å². The van der Waals surface area contributed by atoms with E-state index < -0.39 is 11.9 Å². The molecule has 0 aliphatic heterocycles. The summed E-state index contributed by atoms with van der Waals surface area (Å²) in [5.41, 5.74) is 8.91. The van der Waals surface area contributed by atoms with Crippen molar-refractivity contribution in [1.29, 1.82) is 0 Å². The fourth-order valence-electron chi connectivity index (χ4n) is 5.67. The number of carbonyl (C=O) groups excluding carboxylic acids is 3. The number of nitrogens with zero attached hydrogens (tertiary/aromatic N) is 2. The van der Waals surface area contributed by atoms with E-state index in [0.29, 0.717) is 30.9 Å². The number of carbonyl (C=O) groups is 3. The predicted octanol–water partition coefficient (Wildman–Crippen LogP) is 5.91. The molecule has 216 valence electrons. The molecule has 8 heteroatoms. The fraction of sp³-hybridized carbons (Fsp3) is 0.364. The molecular weight excluding hydrogens is 519 g/mol. The number of primary amides is 1. The maximum Gasteiger partial charge on any atom is 0.324 e. The Hall–Kier alpha value is -4.20. The van der Waals surface area contributed by atoms with Crippen molar-refractivity contribution < 1.29 is 18.8 Å². The number of halogens is 1. The second kappa shape index (κ2) is 13.9. The van der Waals surface area contributed by atoms with Crippen molar-refractivity contribution in [3.05, 3.63) is 101 Å². The van der Waals surface area contributed by atoms with Gasteiger partial charge in [-0.2, -0.15) is 0 Å². The summed E-state index contributed by atoms with van der Waals surface area (Å²) in [4.78, 5) is 42.4. The van der Waals surface area contributed by atoms with Crippen LogP contribution in [0.1, 0.15) is 68.2 Å². The van der Waals surface area contributed by atoms with Gasteiger partial charge in [0.2, 0.25) is 11.8 Å². The van der Waals surface area contributed by atoms with E-state index in [9.17, 15) is 18.8 Å². The Morgan fingerprint density at radius 2 is 1.54 bits per heavy atom. The quantitative estimate of drug-likeness (QED) is 0.324. The predicted molar refractivity (Wildman–Crippen MR) is 159 cm³/mol. The monoisotopic (exact) mass is 558 g/mol. The number of benzene rings is 3. The van der Waals surface area contributed by atoms with Crippen molar-refractivity contribution in [3.8, 4) is 0 Å². The maximum atomic E-state index is 13.6. The molecular formula is C33H39FN4O3. The van der Waals surface area contributed by atoms with E-state index >= 15 is 0 Å². The van der Waals surface area contributed by atoms with Crippen LogP contribution in [0.25, 0.3) is 0 Å². The molecule has 3 N–H and O–H groups in total. The second-order valence-electron chi connectivity index (χ2n) is 10.5. The smallest absolute Gasteiger partial charge is 0.324 e. The first-order valence-corrected chi connectivity index (χ1v) is 14.4. The molecule has 1 fully saturated rings. The van der Waals surface area contributed by atoms with E-state index in [4.69, 9.17) is 5.73 Å². The Labute approximate surface area is 241 Å². The first kappa shape index (κ1) is 29.8. The SMILES string of the molecule is CCN(CC)C(=O)N(Cc1ccc([C@@H]2CCCC[C@H]2C(=O)N[C@H](C(N)=O)c2ccccc2)cc1)c1ccc(F)cc1. The van der Waals surface area contributed by atoms with E-state index in [1.165, 1.54) is 12.1 Å². The molecule has 0 bridgehead atoms. The summed E-state index contributed by atoms with van der Waals surface area (Å²) in [5, 5.41) is 2.91. The Kier molecular flexibility index (Phi) is 10.1. The van der Waals surface area contributed by atoms with Crippen LogP contribution < -0.4 is 16.0 Å². The van der Waals surface area contributed by atoms with Crippen LogP contribution in [0.15, 0.2) is 78.9 Å². The number of urea groups is 1. The number of nitrogens with two attached hydrogens (primary N) is 1. The van der Waals surface area contributed by atoms with Gasteiger partial charge in [-0.15, -0.1) is 0 Å². The molecule has 0 saturated heterocycles. The summed E-state index contributed by atoms with van der Waals surface area (Å²) < 4.78 is 13.6. The van der Waals surface area contributed by atoms with Gasteiger partial charge in [-0.25, -0.2) is 9.18 Å². The third kappa shape index (κ3) is 7.31. The van der Waals surface area contributed by atoms with Gasteiger partial charge in [-0.1, -0.05) is 67.4 Å². The molecule has 0 spiro atoms. The molecule has 0 radical (unpaired) electrons.